The van der Waals surface area contributed by atoms with E-state index in [-0.39, 0.29) is 11.7 Å². The van der Waals surface area contributed by atoms with Crippen molar-refractivity contribution in [1.29, 1.82) is 0 Å². The third-order valence-electron chi connectivity index (χ3n) is 3.25. The lowest BCUT2D eigenvalue weighted by molar-refractivity contribution is -0.384. The predicted molar refractivity (Wildman–Crippen MR) is 71.6 cm³/mol. The summed E-state index contributed by atoms with van der Waals surface area (Å²) in [5, 5.41) is 14.5. The maximum Gasteiger partial charge on any atom is 0.295 e. The van der Waals surface area contributed by atoms with Gasteiger partial charge in [-0.15, -0.1) is 0 Å². The van der Waals surface area contributed by atoms with Crippen LogP contribution in [0.2, 0.25) is 0 Å². The van der Waals surface area contributed by atoms with Gasteiger partial charge in [0.05, 0.1) is 11.0 Å². The van der Waals surface area contributed by atoms with E-state index in [0.717, 1.165) is 25.3 Å². The van der Waals surface area contributed by atoms with Crippen molar-refractivity contribution in [2.45, 2.75) is 30.6 Å². The van der Waals surface area contributed by atoms with Crippen molar-refractivity contribution in [1.82, 2.24) is 0 Å². The molecule has 98 valence electrons. The first kappa shape index (κ1) is 13.1. The van der Waals surface area contributed by atoms with Crippen LogP contribution >= 0.6 is 11.8 Å². The largest absolute Gasteiger partial charge is 0.376 e. The molecule has 6 heteroatoms. The summed E-state index contributed by atoms with van der Waals surface area (Å²) in [5.41, 5.74) is 0.217. The summed E-state index contributed by atoms with van der Waals surface area (Å²) in [6.45, 7) is 0. The van der Waals surface area contributed by atoms with Crippen molar-refractivity contribution >= 4 is 23.1 Å². The molecule has 18 heavy (non-hydrogen) atoms. The third-order valence-corrected chi connectivity index (χ3v) is 4.42. The Morgan fingerprint density at radius 2 is 2.28 bits per heavy atom. The molecule has 1 N–H and O–H groups in total. The molecule has 0 aliphatic heterocycles. The highest BCUT2D eigenvalue weighted by molar-refractivity contribution is 7.99. The van der Waals surface area contributed by atoms with Gasteiger partial charge in [0.1, 0.15) is 11.5 Å². The molecule has 2 atom stereocenters. The van der Waals surface area contributed by atoms with E-state index >= 15 is 0 Å². The number of nitro groups is 1. The molecule has 0 bridgehead atoms. The van der Waals surface area contributed by atoms with Gasteiger partial charge in [0, 0.05) is 11.3 Å². The molecule has 1 aliphatic rings. The first-order chi connectivity index (χ1) is 8.61. The molecular formula is C12H15FN2O2S. The number of hydrogen-bond acceptors (Lipinski definition) is 4. The highest BCUT2D eigenvalue weighted by atomic mass is 32.2. The zero-order valence-corrected chi connectivity index (χ0v) is 10.9. The molecular weight excluding hydrogens is 255 g/mol. The lowest BCUT2D eigenvalue weighted by Crippen LogP contribution is -2.26. The van der Waals surface area contributed by atoms with Gasteiger partial charge in [-0.2, -0.15) is 11.8 Å². The molecule has 0 spiro atoms. The van der Waals surface area contributed by atoms with Crippen LogP contribution in [0.5, 0.6) is 0 Å². The van der Waals surface area contributed by atoms with Gasteiger partial charge < -0.3 is 5.32 Å². The number of benzene rings is 1. The average molecular weight is 270 g/mol. The van der Waals surface area contributed by atoms with Crippen LogP contribution in [-0.4, -0.2) is 22.5 Å². The number of thioether (sulfide) groups is 1. The Hall–Kier alpha value is -1.30. The third kappa shape index (κ3) is 2.75. The fourth-order valence-corrected chi connectivity index (χ4v) is 3.29. The summed E-state index contributed by atoms with van der Waals surface area (Å²) in [4.78, 5) is 10.3. The van der Waals surface area contributed by atoms with E-state index < -0.39 is 10.7 Å². The number of nitrogens with one attached hydrogen (secondary N) is 1. The Bertz CT molecular complexity index is 456. The zero-order valence-electron chi connectivity index (χ0n) is 10.1. The van der Waals surface area contributed by atoms with Gasteiger partial charge in [0.15, 0.2) is 0 Å². The van der Waals surface area contributed by atoms with Crippen molar-refractivity contribution in [3.63, 3.8) is 0 Å². The van der Waals surface area contributed by atoms with Gasteiger partial charge in [-0.05, 0) is 31.2 Å². The summed E-state index contributed by atoms with van der Waals surface area (Å²) in [6.07, 6.45) is 5.29. The van der Waals surface area contributed by atoms with Crippen LogP contribution in [0.4, 0.5) is 15.8 Å². The second-order valence-corrected chi connectivity index (χ2v) is 5.45. The van der Waals surface area contributed by atoms with Crippen LogP contribution in [0, 0.1) is 15.9 Å². The number of rotatable bonds is 4. The predicted octanol–water partition coefficient (Wildman–Crippen LogP) is 3.43. The maximum atomic E-state index is 13.0. The topological polar surface area (TPSA) is 55.2 Å². The lowest BCUT2D eigenvalue weighted by atomic mass is 10.2. The van der Waals surface area contributed by atoms with Crippen molar-refractivity contribution in [2.24, 2.45) is 0 Å². The Morgan fingerprint density at radius 3 is 2.94 bits per heavy atom. The molecule has 1 saturated carbocycles. The number of halogens is 1. The van der Waals surface area contributed by atoms with E-state index in [2.05, 4.69) is 5.32 Å². The molecule has 4 nitrogen and oxygen atoms in total. The van der Waals surface area contributed by atoms with E-state index in [1.165, 1.54) is 12.1 Å². The van der Waals surface area contributed by atoms with Gasteiger partial charge in [-0.25, -0.2) is 4.39 Å². The molecule has 0 aromatic heterocycles. The summed E-state index contributed by atoms with van der Waals surface area (Å²) in [5.74, 6) is -0.583. The number of nitro benzene ring substituents is 1. The van der Waals surface area contributed by atoms with E-state index in [4.69, 9.17) is 0 Å². The molecule has 2 rings (SSSR count). The Morgan fingerprint density at radius 1 is 1.50 bits per heavy atom. The average Bonchev–Trinajstić information content (AvgIpc) is 2.78. The molecule has 0 saturated heterocycles. The van der Waals surface area contributed by atoms with Crippen LogP contribution in [-0.2, 0) is 0 Å². The van der Waals surface area contributed by atoms with Crippen molar-refractivity contribution in [3.05, 3.63) is 34.1 Å². The molecule has 1 fully saturated rings. The molecule has 1 aliphatic carbocycles. The van der Waals surface area contributed by atoms with Crippen molar-refractivity contribution in [2.75, 3.05) is 11.6 Å². The Balaban J connectivity index is 2.20. The van der Waals surface area contributed by atoms with Crippen LogP contribution in [0.25, 0.3) is 0 Å². The second kappa shape index (κ2) is 5.56. The standard InChI is InChI=1S/C12H15FN2O2S/c1-18-12-4-2-3-10(12)14-9-6-5-8(13)7-11(9)15(16)17/h5-7,10,12,14H,2-4H2,1H3. The van der Waals surface area contributed by atoms with Crippen molar-refractivity contribution in [3.8, 4) is 0 Å². The minimum atomic E-state index is -0.583. The highest BCUT2D eigenvalue weighted by Crippen LogP contribution is 2.33. The highest BCUT2D eigenvalue weighted by Gasteiger charge is 2.28. The van der Waals surface area contributed by atoms with Gasteiger partial charge >= 0.3 is 0 Å². The van der Waals surface area contributed by atoms with E-state index in [1.54, 1.807) is 11.8 Å². The molecule has 0 heterocycles. The summed E-state index contributed by atoms with van der Waals surface area (Å²) < 4.78 is 13.0. The SMILES string of the molecule is CSC1CCCC1Nc1ccc(F)cc1[N+](=O)[O-]. The monoisotopic (exact) mass is 270 g/mol. The van der Waals surface area contributed by atoms with Crippen molar-refractivity contribution < 1.29 is 9.31 Å². The Kier molecular flexibility index (Phi) is 4.06. The first-order valence-electron chi connectivity index (χ1n) is 5.85. The van der Waals surface area contributed by atoms with Gasteiger partial charge in [0.25, 0.3) is 5.69 Å². The first-order valence-corrected chi connectivity index (χ1v) is 7.14. The second-order valence-electron chi connectivity index (χ2n) is 4.37. The quantitative estimate of drug-likeness (QED) is 0.672. The molecule has 2 unspecified atom stereocenters. The van der Waals surface area contributed by atoms with E-state index in [0.29, 0.717) is 10.9 Å². The van der Waals surface area contributed by atoms with Crippen LogP contribution in [0.3, 0.4) is 0 Å². The van der Waals surface area contributed by atoms with Gasteiger partial charge in [-0.3, -0.25) is 10.1 Å². The van der Waals surface area contributed by atoms with Crippen LogP contribution in [0.1, 0.15) is 19.3 Å². The number of anilines is 1. The fraction of sp³-hybridized carbons (Fsp3) is 0.500. The van der Waals surface area contributed by atoms with Crippen LogP contribution < -0.4 is 5.32 Å². The van der Waals surface area contributed by atoms with E-state index in [9.17, 15) is 14.5 Å². The molecule has 0 amide bonds. The molecule has 0 radical (unpaired) electrons. The lowest BCUT2D eigenvalue weighted by Gasteiger charge is -2.20. The zero-order chi connectivity index (χ0) is 13.1. The van der Waals surface area contributed by atoms with E-state index in [1.807, 2.05) is 6.26 Å². The number of nitrogens with zero attached hydrogens (tertiary/aromatic N) is 1. The molecule has 1 aromatic rings. The van der Waals surface area contributed by atoms with Gasteiger partial charge in [0.2, 0.25) is 0 Å². The normalized spacial score (nSPS) is 23.0. The van der Waals surface area contributed by atoms with Gasteiger partial charge in [-0.1, -0.05) is 6.42 Å². The minimum Gasteiger partial charge on any atom is -0.376 e. The summed E-state index contributed by atoms with van der Waals surface area (Å²) in [6, 6.07) is 3.89. The fourth-order valence-electron chi connectivity index (χ4n) is 2.35. The minimum absolute atomic E-state index is 0.193. The van der Waals surface area contributed by atoms with Crippen LogP contribution in [0.15, 0.2) is 18.2 Å². The number of hydrogen-bond donors (Lipinski definition) is 1. The smallest absolute Gasteiger partial charge is 0.295 e. The summed E-state index contributed by atoms with van der Waals surface area (Å²) in [7, 11) is 0. The Labute approximate surface area is 109 Å². The maximum absolute atomic E-state index is 13.0. The summed E-state index contributed by atoms with van der Waals surface area (Å²) >= 11 is 1.77. The molecule has 1 aromatic carbocycles.